The maximum Gasteiger partial charge on any atom is 0.164 e. The van der Waals surface area contributed by atoms with Crippen molar-refractivity contribution in [2.75, 3.05) is 0 Å². The van der Waals surface area contributed by atoms with Gasteiger partial charge in [-0.05, 0) is 120 Å². The van der Waals surface area contributed by atoms with Gasteiger partial charge in [-0.25, -0.2) is 15.0 Å². The van der Waals surface area contributed by atoms with Crippen LogP contribution in [-0.2, 0) is 0 Å². The third kappa shape index (κ3) is 7.97. The molecule has 0 spiro atoms. The van der Waals surface area contributed by atoms with Gasteiger partial charge in [0.1, 0.15) is 0 Å². The first kappa shape index (κ1) is 50.8. The third-order valence-corrected chi connectivity index (χ3v) is 18.0. The first-order chi connectivity index (χ1) is 44.6. The van der Waals surface area contributed by atoms with E-state index in [9.17, 15) is 5.26 Å². The molecule has 0 amide bonds. The molecule has 0 unspecified atom stereocenters. The molecule has 90 heavy (non-hydrogen) atoms. The summed E-state index contributed by atoms with van der Waals surface area (Å²) in [6, 6.07) is 110. The molecular weight excluding hydrogens is 1100 g/mol. The number of aromatic nitrogens is 7. The predicted molar refractivity (Wildman–Crippen MR) is 369 cm³/mol. The van der Waals surface area contributed by atoms with Crippen LogP contribution < -0.4 is 0 Å². The molecule has 18 aromatic rings. The third-order valence-electron chi connectivity index (χ3n) is 18.0. The largest absolute Gasteiger partial charge is 0.309 e. The lowest BCUT2D eigenvalue weighted by Crippen LogP contribution is -2.04. The van der Waals surface area contributed by atoms with E-state index in [0.717, 1.165) is 127 Å². The van der Waals surface area contributed by atoms with Crippen LogP contribution in [0.2, 0.25) is 0 Å². The average molecular weight is 1150 g/mol. The lowest BCUT2D eigenvalue weighted by atomic mass is 9.94. The average Bonchev–Trinajstić information content (AvgIpc) is 1.61. The number of nitrogens with zero attached hydrogens (tertiary/aromatic N) is 8. The van der Waals surface area contributed by atoms with Crippen LogP contribution in [0.25, 0.3) is 166 Å². The first-order valence-corrected chi connectivity index (χ1v) is 30.3. The van der Waals surface area contributed by atoms with Crippen molar-refractivity contribution < 1.29 is 0 Å². The quantitative estimate of drug-likeness (QED) is 0.144. The lowest BCUT2D eigenvalue weighted by Gasteiger charge is -2.21. The molecule has 0 aliphatic carbocycles. The summed E-state index contributed by atoms with van der Waals surface area (Å²) in [7, 11) is 0. The first-order valence-electron chi connectivity index (χ1n) is 30.3. The molecule has 0 aliphatic heterocycles. The highest BCUT2D eigenvalue weighted by atomic mass is 15.0. The topological polar surface area (TPSA) is 82.2 Å². The number of para-hydroxylation sites is 6. The zero-order chi connectivity index (χ0) is 59.4. The molecule has 8 nitrogen and oxygen atoms in total. The van der Waals surface area contributed by atoms with E-state index in [0.29, 0.717) is 23.0 Å². The molecule has 418 valence electrons. The number of hydrogen-bond acceptors (Lipinski definition) is 4. The standard InChI is InChI=1S/C82H50N8/c83-51-52-37-39-53(40-38-52)56-41-43-64(75(46-56)90-73-36-20-16-32-63(73)69-48-67-61-30-14-18-34-71(61)88(77(67)50-79(69)90)59-27-11-4-12-28-59)65-45-57(82-85-80(54-21-5-1-6-22-54)84-81(86-82)55-23-7-2-8-24-55)42-44-74(65)89-72-35-19-15-31-62(72)68-47-66-60-29-13-17-33-70(60)87(76(66)49-78(68)89)58-25-9-3-10-26-58/h1-50H. The van der Waals surface area contributed by atoms with E-state index in [1.807, 2.05) is 48.5 Å². The van der Waals surface area contributed by atoms with E-state index < -0.39 is 0 Å². The van der Waals surface area contributed by atoms with E-state index in [4.69, 9.17) is 15.0 Å². The van der Waals surface area contributed by atoms with Gasteiger partial charge in [-0.1, -0.05) is 194 Å². The highest BCUT2D eigenvalue weighted by molar-refractivity contribution is 6.21. The van der Waals surface area contributed by atoms with E-state index in [1.165, 1.54) is 21.5 Å². The van der Waals surface area contributed by atoms with Gasteiger partial charge in [-0.2, -0.15) is 5.26 Å². The van der Waals surface area contributed by atoms with Crippen molar-refractivity contribution >= 4 is 87.2 Å². The minimum absolute atomic E-state index is 0.551. The Morgan fingerprint density at radius 1 is 0.233 bits per heavy atom. The predicted octanol–water partition coefficient (Wildman–Crippen LogP) is 20.5. The van der Waals surface area contributed by atoms with Crippen LogP contribution in [0.1, 0.15) is 5.56 Å². The zero-order valence-electron chi connectivity index (χ0n) is 48.4. The number of benzene rings is 13. The Labute approximate surface area is 516 Å². The van der Waals surface area contributed by atoms with Crippen molar-refractivity contribution in [1.29, 1.82) is 5.26 Å². The smallest absolute Gasteiger partial charge is 0.164 e. The van der Waals surface area contributed by atoms with Gasteiger partial charge < -0.3 is 18.3 Å². The van der Waals surface area contributed by atoms with Gasteiger partial charge in [-0.3, -0.25) is 0 Å². The SMILES string of the molecule is N#Cc1ccc(-c2ccc(-c3cc(-c4nc(-c5ccccc5)nc(-c5ccccc5)n4)ccc3-n3c4ccccc4c4cc5c6ccccc6n(-c6ccccc6)c5cc43)c(-n3c4ccccc4c4cc5c6ccccc6n(-c6ccccc6)c5cc43)c2)cc1. The zero-order valence-corrected chi connectivity index (χ0v) is 48.4. The second-order valence-electron chi connectivity index (χ2n) is 23.0. The number of nitriles is 1. The summed E-state index contributed by atoms with van der Waals surface area (Å²) >= 11 is 0. The van der Waals surface area contributed by atoms with E-state index in [2.05, 4.69) is 279 Å². The molecule has 5 aromatic heterocycles. The summed E-state index contributed by atoms with van der Waals surface area (Å²) in [6.07, 6.45) is 0. The van der Waals surface area contributed by atoms with Crippen LogP contribution in [0.15, 0.2) is 303 Å². The van der Waals surface area contributed by atoms with E-state index in [-0.39, 0.29) is 0 Å². The Balaban J connectivity index is 0.981. The van der Waals surface area contributed by atoms with Crippen LogP contribution in [0, 0.1) is 11.3 Å². The molecule has 18 rings (SSSR count). The minimum Gasteiger partial charge on any atom is -0.309 e. The van der Waals surface area contributed by atoms with Gasteiger partial charge in [0.2, 0.25) is 0 Å². The fourth-order valence-electron chi connectivity index (χ4n) is 14.0. The second-order valence-corrected chi connectivity index (χ2v) is 23.0. The van der Waals surface area contributed by atoms with Gasteiger partial charge in [0.25, 0.3) is 0 Å². The van der Waals surface area contributed by atoms with Crippen LogP contribution in [0.3, 0.4) is 0 Å². The van der Waals surface area contributed by atoms with E-state index >= 15 is 0 Å². The molecule has 8 heteroatoms. The molecule has 0 bridgehead atoms. The normalized spacial score (nSPS) is 11.8. The van der Waals surface area contributed by atoms with Crippen molar-refractivity contribution in [3.05, 3.63) is 309 Å². The van der Waals surface area contributed by atoms with Crippen molar-refractivity contribution in [2.24, 2.45) is 0 Å². The summed E-state index contributed by atoms with van der Waals surface area (Å²) in [5.41, 5.74) is 20.1. The highest BCUT2D eigenvalue weighted by Crippen LogP contribution is 2.47. The Hall–Kier alpha value is -12.4. The molecule has 0 fully saturated rings. The van der Waals surface area contributed by atoms with Crippen molar-refractivity contribution in [1.82, 2.24) is 33.2 Å². The fourth-order valence-corrected chi connectivity index (χ4v) is 14.0. The van der Waals surface area contributed by atoms with Gasteiger partial charge in [0.15, 0.2) is 17.5 Å². The molecule has 0 radical (unpaired) electrons. The lowest BCUT2D eigenvalue weighted by molar-refractivity contribution is 1.07. The summed E-state index contributed by atoms with van der Waals surface area (Å²) in [4.78, 5) is 15.9. The van der Waals surface area contributed by atoms with Crippen molar-refractivity contribution in [3.63, 3.8) is 0 Å². The van der Waals surface area contributed by atoms with Crippen molar-refractivity contribution in [3.8, 4) is 85.2 Å². The Kier molecular flexibility index (Phi) is 11.5. The molecule has 0 atom stereocenters. The van der Waals surface area contributed by atoms with Gasteiger partial charge in [0, 0.05) is 82.3 Å². The number of fused-ring (bicyclic) bond motifs is 12. The second kappa shape index (κ2) is 20.3. The van der Waals surface area contributed by atoms with Gasteiger partial charge >= 0.3 is 0 Å². The molecule has 13 aromatic carbocycles. The van der Waals surface area contributed by atoms with E-state index in [1.54, 1.807) is 0 Å². The number of hydrogen-bond donors (Lipinski definition) is 0. The van der Waals surface area contributed by atoms with Crippen molar-refractivity contribution in [2.45, 2.75) is 0 Å². The van der Waals surface area contributed by atoms with Gasteiger partial charge in [-0.15, -0.1) is 0 Å². The maximum atomic E-state index is 10.0. The molecule has 0 aliphatic rings. The summed E-state index contributed by atoms with van der Waals surface area (Å²) in [6.45, 7) is 0. The monoisotopic (exact) mass is 1150 g/mol. The van der Waals surface area contributed by atoms with Gasteiger partial charge in [0.05, 0.1) is 67.1 Å². The summed E-state index contributed by atoms with van der Waals surface area (Å²) < 4.78 is 9.76. The Bertz CT molecular complexity index is 5890. The highest BCUT2D eigenvalue weighted by Gasteiger charge is 2.26. The Morgan fingerprint density at radius 2 is 0.600 bits per heavy atom. The summed E-state index contributed by atoms with van der Waals surface area (Å²) in [5.74, 6) is 1.72. The van der Waals surface area contributed by atoms with Crippen LogP contribution in [0.4, 0.5) is 0 Å². The van der Waals surface area contributed by atoms with Crippen LogP contribution in [0.5, 0.6) is 0 Å². The summed E-state index contributed by atoms with van der Waals surface area (Å²) in [5, 5.41) is 19.4. The molecule has 5 heterocycles. The Morgan fingerprint density at radius 3 is 1.06 bits per heavy atom. The molecule has 0 N–H and O–H groups in total. The maximum absolute atomic E-state index is 10.0. The molecule has 0 saturated carbocycles. The van der Waals surface area contributed by atoms with Crippen LogP contribution >= 0.6 is 0 Å². The molecular formula is C82H50N8. The molecule has 0 saturated heterocycles. The minimum atomic E-state index is 0.551. The van der Waals surface area contributed by atoms with Crippen LogP contribution in [-0.4, -0.2) is 33.2 Å². The fraction of sp³-hybridized carbons (Fsp3) is 0. The number of rotatable bonds is 9.